The minimum Gasteiger partial charge on any atom is -0.485 e. The molecular weight excluding hydrogens is 362 g/mol. The third kappa shape index (κ3) is 3.61. The van der Waals surface area contributed by atoms with E-state index in [2.05, 4.69) is 14.8 Å². The topological polar surface area (TPSA) is 101 Å². The number of esters is 1. The van der Waals surface area contributed by atoms with Gasteiger partial charge in [-0.15, -0.1) is 0 Å². The second-order valence-electron chi connectivity index (χ2n) is 6.03. The van der Waals surface area contributed by atoms with E-state index in [1.807, 2.05) is 36.4 Å². The van der Waals surface area contributed by atoms with Crippen molar-refractivity contribution in [2.75, 3.05) is 0 Å². The first kappa shape index (κ1) is 17.5. The molecule has 0 N–H and O–H groups in total. The number of hydrogen-bond donors (Lipinski definition) is 0. The van der Waals surface area contributed by atoms with E-state index in [-0.39, 0.29) is 18.2 Å². The van der Waals surface area contributed by atoms with E-state index in [1.165, 1.54) is 0 Å². The second-order valence-corrected chi connectivity index (χ2v) is 6.03. The summed E-state index contributed by atoms with van der Waals surface area (Å²) in [4.78, 5) is 16.7. The number of aryl methyl sites for hydroxylation is 1. The van der Waals surface area contributed by atoms with Crippen LogP contribution >= 0.6 is 0 Å². The van der Waals surface area contributed by atoms with Crippen LogP contribution in [0.15, 0.2) is 69.9 Å². The number of hydrogen-bond acceptors (Lipinski definition) is 7. The molecule has 8 heteroatoms. The number of aliphatic imine (C=N–C) groups is 1. The van der Waals surface area contributed by atoms with Gasteiger partial charge in [0.2, 0.25) is 17.3 Å². The molecule has 0 saturated carbocycles. The molecule has 1 aromatic heterocycles. The number of benzene rings is 2. The molecule has 0 atom stereocenters. The summed E-state index contributed by atoms with van der Waals surface area (Å²) in [7, 11) is 0. The van der Waals surface area contributed by atoms with Crippen molar-refractivity contribution in [3.8, 4) is 5.75 Å². The van der Waals surface area contributed by atoms with Crippen LogP contribution in [0.4, 0.5) is 0 Å². The summed E-state index contributed by atoms with van der Waals surface area (Å²) in [5.41, 5.74) is 2.39. The SMILES string of the molecule is Cc1no[n+]([O-])c1COc1cccc(/C=C2\N=C(c3ccccc3)OC2=O)c1. The van der Waals surface area contributed by atoms with E-state index >= 15 is 0 Å². The van der Waals surface area contributed by atoms with E-state index in [9.17, 15) is 10.0 Å². The molecule has 140 valence electrons. The summed E-state index contributed by atoms with van der Waals surface area (Å²) in [5, 5.41) is 15.0. The summed E-state index contributed by atoms with van der Waals surface area (Å²) < 4.78 is 15.4. The van der Waals surface area contributed by atoms with Crippen molar-refractivity contribution in [3.63, 3.8) is 0 Å². The van der Waals surface area contributed by atoms with E-state index in [0.29, 0.717) is 27.6 Å². The van der Waals surface area contributed by atoms with Gasteiger partial charge in [-0.05, 0) is 40.8 Å². The maximum atomic E-state index is 12.1. The Morgan fingerprint density at radius 2 is 2.00 bits per heavy atom. The zero-order chi connectivity index (χ0) is 19.5. The first-order valence-electron chi connectivity index (χ1n) is 8.46. The number of nitrogens with zero attached hydrogens (tertiary/aromatic N) is 3. The highest BCUT2D eigenvalue weighted by Crippen LogP contribution is 2.21. The summed E-state index contributed by atoms with van der Waals surface area (Å²) >= 11 is 0. The molecule has 8 nitrogen and oxygen atoms in total. The third-order valence-electron chi connectivity index (χ3n) is 4.07. The van der Waals surface area contributed by atoms with Crippen LogP contribution in [-0.2, 0) is 16.1 Å². The van der Waals surface area contributed by atoms with Crippen LogP contribution in [0.3, 0.4) is 0 Å². The Balaban J connectivity index is 1.53. The van der Waals surface area contributed by atoms with E-state index in [1.54, 1.807) is 31.2 Å². The number of rotatable bonds is 5. The summed E-state index contributed by atoms with van der Waals surface area (Å²) in [6.07, 6.45) is 1.61. The molecule has 0 aliphatic carbocycles. The predicted octanol–water partition coefficient (Wildman–Crippen LogP) is 2.54. The lowest BCUT2D eigenvalue weighted by Gasteiger charge is -2.05. The van der Waals surface area contributed by atoms with Gasteiger partial charge in [0.15, 0.2) is 12.3 Å². The molecule has 0 radical (unpaired) electrons. The average molecular weight is 377 g/mol. The van der Waals surface area contributed by atoms with Crippen molar-refractivity contribution in [1.29, 1.82) is 0 Å². The van der Waals surface area contributed by atoms with Crippen molar-refractivity contribution in [2.45, 2.75) is 13.5 Å². The highest BCUT2D eigenvalue weighted by molar-refractivity contribution is 6.12. The number of carbonyl (C=O) groups is 1. The zero-order valence-corrected chi connectivity index (χ0v) is 14.9. The molecule has 1 aliphatic heterocycles. The fraction of sp³-hybridized carbons (Fsp3) is 0.100. The Kier molecular flexibility index (Phi) is 4.59. The number of aromatic nitrogens is 2. The van der Waals surface area contributed by atoms with Crippen molar-refractivity contribution in [2.24, 2.45) is 4.99 Å². The summed E-state index contributed by atoms with van der Waals surface area (Å²) in [5.74, 6) is 0.276. The van der Waals surface area contributed by atoms with Crippen LogP contribution in [0, 0.1) is 12.1 Å². The number of ether oxygens (including phenoxy) is 2. The van der Waals surface area contributed by atoms with Gasteiger partial charge in [-0.25, -0.2) is 9.79 Å². The fourth-order valence-corrected chi connectivity index (χ4v) is 2.61. The van der Waals surface area contributed by atoms with Crippen molar-refractivity contribution >= 4 is 17.9 Å². The minimum absolute atomic E-state index is 0.0111. The van der Waals surface area contributed by atoms with Gasteiger partial charge in [0.05, 0.1) is 0 Å². The molecule has 0 bridgehead atoms. The molecule has 0 spiro atoms. The molecule has 2 aromatic carbocycles. The fourth-order valence-electron chi connectivity index (χ4n) is 2.61. The van der Waals surface area contributed by atoms with Crippen molar-refractivity contribution in [3.05, 3.63) is 88.0 Å². The van der Waals surface area contributed by atoms with Crippen molar-refractivity contribution < 1.29 is 23.8 Å². The van der Waals surface area contributed by atoms with E-state index in [0.717, 1.165) is 5.56 Å². The molecular formula is C20H15N3O5. The van der Waals surface area contributed by atoms with Crippen LogP contribution in [0.25, 0.3) is 6.08 Å². The van der Waals surface area contributed by atoms with Gasteiger partial charge in [0, 0.05) is 17.6 Å². The van der Waals surface area contributed by atoms with Gasteiger partial charge < -0.3 is 14.7 Å². The summed E-state index contributed by atoms with van der Waals surface area (Å²) in [6, 6.07) is 16.3. The Hall–Kier alpha value is -3.94. The van der Waals surface area contributed by atoms with Gasteiger partial charge in [-0.1, -0.05) is 30.3 Å². The number of carbonyl (C=O) groups excluding carboxylic acids is 1. The van der Waals surface area contributed by atoms with Gasteiger partial charge in [0.1, 0.15) is 5.75 Å². The molecule has 4 rings (SSSR count). The van der Waals surface area contributed by atoms with Crippen LogP contribution in [0.2, 0.25) is 0 Å². The van der Waals surface area contributed by atoms with Crippen LogP contribution in [-0.4, -0.2) is 17.0 Å². The van der Waals surface area contributed by atoms with Crippen LogP contribution in [0.1, 0.15) is 22.5 Å². The van der Waals surface area contributed by atoms with Gasteiger partial charge in [0.25, 0.3) is 0 Å². The summed E-state index contributed by atoms with van der Waals surface area (Å²) in [6.45, 7) is 1.67. The smallest absolute Gasteiger partial charge is 0.363 e. The molecule has 0 saturated heterocycles. The second kappa shape index (κ2) is 7.36. The molecule has 0 unspecified atom stereocenters. The standard InChI is InChI=1S/C20H15N3O5/c1-13-18(23(25)28-22-13)12-26-16-9-5-6-14(10-16)11-17-20(24)27-19(21-17)15-7-3-2-4-8-15/h2-11H,12H2,1H3/b17-11-. The lowest BCUT2D eigenvalue weighted by molar-refractivity contribution is -0.808. The maximum Gasteiger partial charge on any atom is 0.363 e. The molecule has 28 heavy (non-hydrogen) atoms. The Labute approximate surface area is 159 Å². The minimum atomic E-state index is -0.516. The van der Waals surface area contributed by atoms with E-state index in [4.69, 9.17) is 9.47 Å². The third-order valence-corrected chi connectivity index (χ3v) is 4.07. The largest absolute Gasteiger partial charge is 0.485 e. The lowest BCUT2D eigenvalue weighted by Crippen LogP contribution is -2.29. The maximum absolute atomic E-state index is 12.1. The van der Waals surface area contributed by atoms with Gasteiger partial charge in [-0.3, -0.25) is 4.63 Å². The van der Waals surface area contributed by atoms with Crippen molar-refractivity contribution in [1.82, 2.24) is 5.16 Å². The molecule has 0 fully saturated rings. The number of cyclic esters (lactones) is 1. The monoisotopic (exact) mass is 377 g/mol. The Morgan fingerprint density at radius 3 is 2.75 bits per heavy atom. The molecule has 3 aromatic rings. The predicted molar refractivity (Wildman–Crippen MR) is 98.0 cm³/mol. The molecule has 1 aliphatic rings. The Bertz CT molecular complexity index is 1070. The molecule has 2 heterocycles. The highest BCUT2D eigenvalue weighted by Gasteiger charge is 2.24. The van der Waals surface area contributed by atoms with Crippen LogP contribution < -0.4 is 9.64 Å². The lowest BCUT2D eigenvalue weighted by atomic mass is 10.2. The van der Waals surface area contributed by atoms with Gasteiger partial charge >= 0.3 is 5.97 Å². The quantitative estimate of drug-likeness (QED) is 0.385. The van der Waals surface area contributed by atoms with Crippen LogP contribution in [0.5, 0.6) is 5.75 Å². The van der Waals surface area contributed by atoms with E-state index < -0.39 is 5.97 Å². The zero-order valence-electron chi connectivity index (χ0n) is 14.9. The average Bonchev–Trinajstić information content (AvgIpc) is 3.23. The first-order chi connectivity index (χ1) is 13.6. The first-order valence-corrected chi connectivity index (χ1v) is 8.46. The Morgan fingerprint density at radius 1 is 1.18 bits per heavy atom. The highest BCUT2D eigenvalue weighted by atomic mass is 16.8. The molecule has 0 amide bonds. The normalized spacial score (nSPS) is 14.8. The van der Waals surface area contributed by atoms with Gasteiger partial charge in [-0.2, -0.15) is 0 Å².